The zero-order valence-corrected chi connectivity index (χ0v) is 13.4. The summed E-state index contributed by atoms with van der Waals surface area (Å²) in [5.41, 5.74) is 1.14. The van der Waals surface area contributed by atoms with E-state index in [2.05, 4.69) is 46.0 Å². The molecular weight excluding hydrogens is 278 g/mol. The van der Waals surface area contributed by atoms with Gasteiger partial charge < -0.3 is 0 Å². The Hall–Kier alpha value is -1.42. The summed E-state index contributed by atoms with van der Waals surface area (Å²) < 4.78 is 3.00. The largest absolute Gasteiger partial charge is 0.297 e. The van der Waals surface area contributed by atoms with Crippen LogP contribution in [0.1, 0.15) is 51.5 Å². The second-order valence-corrected chi connectivity index (χ2v) is 6.44. The Balaban J connectivity index is 1.84. The van der Waals surface area contributed by atoms with Crippen LogP contribution in [0.3, 0.4) is 0 Å². The molecule has 1 aromatic heterocycles. The third-order valence-electron chi connectivity index (χ3n) is 4.61. The lowest BCUT2D eigenvalue weighted by Crippen LogP contribution is -2.19. The van der Waals surface area contributed by atoms with Gasteiger partial charge in [-0.25, -0.2) is 0 Å². The summed E-state index contributed by atoms with van der Waals surface area (Å²) in [6, 6.07) is 10.8. The second kappa shape index (κ2) is 6.56. The van der Waals surface area contributed by atoms with Crippen LogP contribution >= 0.6 is 12.2 Å². The van der Waals surface area contributed by atoms with E-state index >= 15 is 0 Å². The lowest BCUT2D eigenvalue weighted by molar-refractivity contribution is 0.262. The van der Waals surface area contributed by atoms with Crippen molar-refractivity contribution in [2.24, 2.45) is 5.92 Å². The van der Waals surface area contributed by atoms with Gasteiger partial charge in [0.25, 0.3) is 0 Å². The maximum atomic E-state index is 5.48. The number of aromatic nitrogens is 3. The van der Waals surface area contributed by atoms with Gasteiger partial charge in [-0.3, -0.25) is 9.67 Å². The first-order valence-corrected chi connectivity index (χ1v) is 8.42. The van der Waals surface area contributed by atoms with Crippen molar-refractivity contribution in [2.45, 2.75) is 51.5 Å². The van der Waals surface area contributed by atoms with E-state index in [1.165, 1.54) is 38.5 Å². The van der Waals surface area contributed by atoms with Gasteiger partial charge >= 0.3 is 0 Å². The molecule has 1 saturated carbocycles. The first-order chi connectivity index (χ1) is 10.3. The summed E-state index contributed by atoms with van der Waals surface area (Å²) in [7, 11) is 0. The van der Waals surface area contributed by atoms with Gasteiger partial charge in [0.15, 0.2) is 10.6 Å². The van der Waals surface area contributed by atoms with E-state index in [1.807, 2.05) is 6.07 Å². The molecule has 2 aromatic rings. The average Bonchev–Trinajstić information content (AvgIpc) is 2.91. The molecule has 0 spiro atoms. The zero-order chi connectivity index (χ0) is 14.7. The predicted molar refractivity (Wildman–Crippen MR) is 88.8 cm³/mol. The fraction of sp³-hybridized carbons (Fsp3) is 0.529. The minimum Gasteiger partial charge on any atom is -0.297 e. The molecule has 1 aromatic carbocycles. The van der Waals surface area contributed by atoms with Crippen molar-refractivity contribution in [1.29, 1.82) is 0 Å². The van der Waals surface area contributed by atoms with Gasteiger partial charge in [0.1, 0.15) is 0 Å². The number of nitrogens with one attached hydrogen (secondary N) is 1. The standard InChI is InChI=1S/C17H23N3S/c1-2-6-13-9-11-15(12-10-13)20-16(18-19-17(20)21)14-7-4-3-5-8-14/h3-5,7-8,13,15H,2,6,9-12H2,1H3,(H,19,21). The van der Waals surface area contributed by atoms with Crippen LogP contribution in [0, 0.1) is 10.7 Å². The maximum Gasteiger partial charge on any atom is 0.195 e. The van der Waals surface area contributed by atoms with Gasteiger partial charge in [0, 0.05) is 11.6 Å². The smallest absolute Gasteiger partial charge is 0.195 e. The molecule has 0 bridgehead atoms. The maximum absolute atomic E-state index is 5.48. The van der Waals surface area contributed by atoms with Crippen LogP contribution < -0.4 is 0 Å². The summed E-state index contributed by atoms with van der Waals surface area (Å²) >= 11 is 5.48. The fourth-order valence-corrected chi connectivity index (χ4v) is 3.82. The summed E-state index contributed by atoms with van der Waals surface area (Å²) in [6.07, 6.45) is 7.75. The molecule has 3 nitrogen and oxygen atoms in total. The molecule has 4 heteroatoms. The predicted octanol–water partition coefficient (Wildman–Crippen LogP) is 5.14. The third-order valence-corrected chi connectivity index (χ3v) is 4.90. The normalized spacial score (nSPS) is 22.3. The third kappa shape index (κ3) is 3.10. The van der Waals surface area contributed by atoms with E-state index in [9.17, 15) is 0 Å². The Bertz CT molecular complexity index is 621. The van der Waals surface area contributed by atoms with Crippen molar-refractivity contribution in [1.82, 2.24) is 14.8 Å². The molecule has 1 N–H and O–H groups in total. The summed E-state index contributed by atoms with van der Waals surface area (Å²) in [5, 5.41) is 7.45. The molecule has 1 fully saturated rings. The average molecular weight is 301 g/mol. The van der Waals surface area contributed by atoms with Crippen molar-refractivity contribution in [3.63, 3.8) is 0 Å². The number of hydrogen-bond donors (Lipinski definition) is 1. The van der Waals surface area contributed by atoms with Gasteiger partial charge in [0.2, 0.25) is 0 Å². The molecule has 3 rings (SSSR count). The van der Waals surface area contributed by atoms with Crippen molar-refractivity contribution >= 4 is 12.2 Å². The van der Waals surface area contributed by atoms with Crippen molar-refractivity contribution < 1.29 is 0 Å². The van der Waals surface area contributed by atoms with E-state index < -0.39 is 0 Å². The van der Waals surface area contributed by atoms with Crippen molar-refractivity contribution in [2.75, 3.05) is 0 Å². The molecule has 0 aliphatic heterocycles. The summed E-state index contributed by atoms with van der Waals surface area (Å²) in [5.74, 6) is 1.90. The fourth-order valence-electron chi connectivity index (χ4n) is 3.53. The van der Waals surface area contributed by atoms with Gasteiger partial charge in [-0.2, -0.15) is 5.10 Å². The lowest BCUT2D eigenvalue weighted by Gasteiger charge is -2.29. The first-order valence-electron chi connectivity index (χ1n) is 8.02. The highest BCUT2D eigenvalue weighted by Gasteiger charge is 2.24. The summed E-state index contributed by atoms with van der Waals surface area (Å²) in [4.78, 5) is 0. The van der Waals surface area contributed by atoms with E-state index in [-0.39, 0.29) is 0 Å². The molecule has 112 valence electrons. The lowest BCUT2D eigenvalue weighted by atomic mass is 9.83. The SMILES string of the molecule is CCCC1CCC(n2c(-c3ccccc3)n[nH]c2=S)CC1. The van der Waals surface area contributed by atoms with E-state index in [0.29, 0.717) is 6.04 Å². The number of hydrogen-bond acceptors (Lipinski definition) is 2. The molecule has 0 atom stereocenters. The van der Waals surface area contributed by atoms with Gasteiger partial charge in [-0.1, -0.05) is 50.1 Å². The minimum absolute atomic E-state index is 0.500. The van der Waals surface area contributed by atoms with Gasteiger partial charge in [0.05, 0.1) is 0 Å². The molecule has 0 unspecified atom stereocenters. The Morgan fingerprint density at radius 3 is 2.57 bits per heavy atom. The molecule has 1 aliphatic carbocycles. The monoisotopic (exact) mass is 301 g/mol. The Kier molecular flexibility index (Phi) is 4.54. The van der Waals surface area contributed by atoms with Crippen LogP contribution in [-0.4, -0.2) is 14.8 Å². The molecular formula is C17H23N3S. The molecule has 21 heavy (non-hydrogen) atoms. The summed E-state index contributed by atoms with van der Waals surface area (Å²) in [6.45, 7) is 2.28. The zero-order valence-electron chi connectivity index (χ0n) is 12.6. The number of benzene rings is 1. The number of aromatic amines is 1. The number of H-pyrrole nitrogens is 1. The minimum atomic E-state index is 0.500. The topological polar surface area (TPSA) is 33.6 Å². The van der Waals surface area contributed by atoms with Crippen LogP contribution in [-0.2, 0) is 0 Å². The van der Waals surface area contributed by atoms with Crippen molar-refractivity contribution in [3.05, 3.63) is 35.1 Å². The van der Waals surface area contributed by atoms with Crippen LogP contribution in [0.25, 0.3) is 11.4 Å². The quantitative estimate of drug-likeness (QED) is 0.793. The molecule has 0 amide bonds. The van der Waals surface area contributed by atoms with E-state index in [1.54, 1.807) is 0 Å². The Morgan fingerprint density at radius 1 is 1.19 bits per heavy atom. The van der Waals surface area contributed by atoms with Crippen LogP contribution in [0.4, 0.5) is 0 Å². The van der Waals surface area contributed by atoms with Crippen LogP contribution in [0.5, 0.6) is 0 Å². The van der Waals surface area contributed by atoms with Crippen LogP contribution in [0.2, 0.25) is 0 Å². The Labute approximate surface area is 131 Å². The Morgan fingerprint density at radius 2 is 1.90 bits per heavy atom. The molecule has 1 heterocycles. The van der Waals surface area contributed by atoms with Gasteiger partial charge in [-0.05, 0) is 43.8 Å². The van der Waals surface area contributed by atoms with Gasteiger partial charge in [-0.15, -0.1) is 0 Å². The first kappa shape index (κ1) is 14.5. The highest BCUT2D eigenvalue weighted by atomic mass is 32.1. The van der Waals surface area contributed by atoms with Crippen molar-refractivity contribution in [3.8, 4) is 11.4 Å². The molecule has 0 saturated heterocycles. The second-order valence-electron chi connectivity index (χ2n) is 6.05. The molecule has 0 radical (unpaired) electrons. The highest BCUT2D eigenvalue weighted by Crippen LogP contribution is 2.36. The van der Waals surface area contributed by atoms with Crippen LogP contribution in [0.15, 0.2) is 30.3 Å². The number of rotatable bonds is 4. The van der Waals surface area contributed by atoms with E-state index in [4.69, 9.17) is 12.2 Å². The number of nitrogens with zero attached hydrogens (tertiary/aromatic N) is 2. The highest BCUT2D eigenvalue weighted by molar-refractivity contribution is 7.71. The van der Waals surface area contributed by atoms with E-state index in [0.717, 1.165) is 22.1 Å². The molecule has 1 aliphatic rings.